The molecule has 0 nitrogen and oxygen atoms in total. The molecule has 0 aromatic heterocycles. The number of hydrogen-bond acceptors (Lipinski definition) is 0. The van der Waals surface area contributed by atoms with Crippen LogP contribution in [-0.4, -0.2) is 37.2 Å². The molecule has 0 amide bonds. The van der Waals surface area contributed by atoms with Crippen LogP contribution in [0.5, 0.6) is 0 Å². The van der Waals surface area contributed by atoms with Gasteiger partial charge in [0, 0.05) is 36.5 Å². The first-order valence-corrected chi connectivity index (χ1v) is 3.39. The monoisotopic (exact) mass is 290 g/mol. The van der Waals surface area contributed by atoms with E-state index >= 15 is 0 Å². The summed E-state index contributed by atoms with van der Waals surface area (Å²) in [6, 6.07) is 0. The van der Waals surface area contributed by atoms with Gasteiger partial charge in [0.2, 0.25) is 0 Å². The zero-order chi connectivity index (χ0) is 2.00. The van der Waals surface area contributed by atoms with Gasteiger partial charge in [0.05, 0.1) is 0 Å². The third-order valence-electron chi connectivity index (χ3n) is 0. The summed E-state index contributed by atoms with van der Waals surface area (Å²) in [5.74, 6) is 0. The fraction of sp³-hybridized carbons (Fsp3) is 0. The molecule has 0 N–H and O–H groups in total. The smallest absolute Gasteiger partial charge is 0 e. The van der Waals surface area contributed by atoms with Crippen molar-refractivity contribution < 1.29 is 50.7 Å². The van der Waals surface area contributed by atoms with Crippen molar-refractivity contribution >= 4 is 37.2 Å². The summed E-state index contributed by atoms with van der Waals surface area (Å²) in [6.07, 6.45) is 0. The van der Waals surface area contributed by atoms with Crippen molar-refractivity contribution in [3.05, 3.63) is 0 Å². The van der Waals surface area contributed by atoms with Crippen molar-refractivity contribution in [2.45, 2.75) is 0 Å². The molecule has 5 heteroatoms. The SMILES string of the molecule is [Cu].[Fe][SeH].[MgH2].[Zn]. The van der Waals surface area contributed by atoms with E-state index in [1.165, 1.54) is 0 Å². The van der Waals surface area contributed by atoms with Gasteiger partial charge in [0.15, 0.2) is 0 Å². The molecule has 0 spiro atoms. The molecule has 0 rings (SSSR count). The normalized spacial score (nSPS) is 1.20. The minimum atomic E-state index is 0. The third-order valence-corrected chi connectivity index (χ3v) is 0. The number of hydrogen-bond donors (Lipinski definition) is 0. The second-order valence-electron chi connectivity index (χ2n) is 0. The fourth-order valence-corrected chi connectivity index (χ4v) is 0. The zero-order valence-corrected chi connectivity index (χ0v) is 8.70. The molecule has 0 aromatic rings. The second kappa shape index (κ2) is 28.3. The van der Waals surface area contributed by atoms with E-state index in [-0.39, 0.29) is 59.6 Å². The van der Waals surface area contributed by atoms with Crippen LogP contribution in [0.3, 0.4) is 0 Å². The molecule has 0 heterocycles. The predicted molar refractivity (Wildman–Crippen MR) is 15.7 cm³/mol. The largest absolute Gasteiger partial charge is 0.316 e. The molecule has 32 valence electrons. The molecule has 0 bridgehead atoms. The van der Waals surface area contributed by atoms with Crippen molar-refractivity contribution in [1.29, 1.82) is 0 Å². The van der Waals surface area contributed by atoms with Gasteiger partial charge in [-0.3, -0.25) is 0 Å². The van der Waals surface area contributed by atoms with Crippen LogP contribution in [-0.2, 0) is 50.7 Å². The van der Waals surface area contributed by atoms with Crippen molar-refractivity contribution in [3.8, 4) is 0 Å². The summed E-state index contributed by atoms with van der Waals surface area (Å²) in [5, 5.41) is 0. The number of rotatable bonds is 0. The topological polar surface area (TPSA) is 0 Å². The summed E-state index contributed by atoms with van der Waals surface area (Å²) < 4.78 is 0. The first-order valence-electron chi connectivity index (χ1n) is 0.158. The van der Waals surface area contributed by atoms with Crippen LogP contribution in [0.2, 0.25) is 0 Å². The van der Waals surface area contributed by atoms with Gasteiger partial charge in [-0.1, -0.05) is 0 Å². The molecule has 0 saturated heterocycles. The molecule has 5 heavy (non-hydrogen) atoms. The molecule has 0 fully saturated rings. The predicted octanol–water partition coefficient (Wildman–Crippen LogP) is -1.57. The van der Waals surface area contributed by atoms with E-state index in [2.05, 4.69) is 28.4 Å². The Balaban J connectivity index is -0.00000000167. The molecule has 0 unspecified atom stereocenters. The Hall–Kier alpha value is 2.95. The van der Waals surface area contributed by atoms with E-state index < -0.39 is 0 Å². The molecule has 0 aliphatic carbocycles. The Morgan fingerprint density at radius 1 is 1.20 bits per heavy atom. The standard InChI is InChI=1S/Cu.Fe.Mg.H2Se.Zn.2H/h;;;1H2;;;/q;+1;;;;;/p-1. The molecule has 0 saturated carbocycles. The molecular formula is H3CuFeMgSeZn. The van der Waals surface area contributed by atoms with Crippen LogP contribution in [0.1, 0.15) is 0 Å². The van der Waals surface area contributed by atoms with Gasteiger partial charge in [-0.25, -0.2) is 0 Å². The Bertz CT molecular complexity index is 11.6. The first-order chi connectivity index (χ1) is 1.00. The summed E-state index contributed by atoms with van der Waals surface area (Å²) in [5.41, 5.74) is 0. The summed E-state index contributed by atoms with van der Waals surface area (Å²) >= 11 is 5.25. The summed E-state index contributed by atoms with van der Waals surface area (Å²) in [6.45, 7) is 0. The summed E-state index contributed by atoms with van der Waals surface area (Å²) in [7, 11) is 0. The van der Waals surface area contributed by atoms with Crippen molar-refractivity contribution in [2.24, 2.45) is 0 Å². The Labute approximate surface area is 86.5 Å². The molecule has 0 aliphatic rings. The minimum Gasteiger partial charge on any atom is 0 e. The molecular weight excluding hydrogens is 288 g/mol. The van der Waals surface area contributed by atoms with Gasteiger partial charge < -0.3 is 0 Å². The second-order valence-corrected chi connectivity index (χ2v) is 0. The fourth-order valence-electron chi connectivity index (χ4n) is 0. The Morgan fingerprint density at radius 2 is 1.20 bits per heavy atom. The Kier molecular flexibility index (Phi) is 139. The first kappa shape index (κ1) is 24.6. The summed E-state index contributed by atoms with van der Waals surface area (Å²) in [4.78, 5) is 0. The van der Waals surface area contributed by atoms with Crippen molar-refractivity contribution in [1.82, 2.24) is 0 Å². The van der Waals surface area contributed by atoms with Gasteiger partial charge in [-0.15, -0.1) is 0 Å². The van der Waals surface area contributed by atoms with Crippen LogP contribution in [0.4, 0.5) is 0 Å². The van der Waals surface area contributed by atoms with Gasteiger partial charge in [-0.2, -0.15) is 0 Å². The van der Waals surface area contributed by atoms with E-state index in [4.69, 9.17) is 0 Å². The van der Waals surface area contributed by atoms with Crippen LogP contribution < -0.4 is 0 Å². The maximum Gasteiger partial charge on any atom is 0.316 e. The molecule has 0 atom stereocenters. The van der Waals surface area contributed by atoms with Gasteiger partial charge in [0.25, 0.3) is 0 Å². The van der Waals surface area contributed by atoms with E-state index in [0.29, 0.717) is 0 Å². The van der Waals surface area contributed by atoms with E-state index in [9.17, 15) is 0 Å². The van der Waals surface area contributed by atoms with E-state index in [0.717, 1.165) is 0 Å². The van der Waals surface area contributed by atoms with E-state index in [1.54, 1.807) is 0 Å². The van der Waals surface area contributed by atoms with E-state index in [1.807, 2.05) is 0 Å². The van der Waals surface area contributed by atoms with Crippen molar-refractivity contribution in [2.75, 3.05) is 0 Å². The zero-order valence-electron chi connectivity index (χ0n) is 1.81. The maximum atomic E-state index is 3.19. The van der Waals surface area contributed by atoms with Gasteiger partial charge >= 0.3 is 51.4 Å². The van der Waals surface area contributed by atoms with Crippen LogP contribution in [0.25, 0.3) is 0 Å². The third kappa shape index (κ3) is 19.6. The van der Waals surface area contributed by atoms with Crippen LogP contribution >= 0.6 is 0 Å². The van der Waals surface area contributed by atoms with Crippen molar-refractivity contribution in [3.63, 3.8) is 0 Å². The molecule has 0 aromatic carbocycles. The average Bonchev–Trinajstić information content (AvgIpc) is 1.00. The maximum absolute atomic E-state index is 3.19. The van der Waals surface area contributed by atoms with Gasteiger partial charge in [-0.05, 0) is 0 Å². The Morgan fingerprint density at radius 3 is 1.20 bits per heavy atom. The van der Waals surface area contributed by atoms with Gasteiger partial charge in [0.1, 0.15) is 0 Å². The molecule has 1 radical (unpaired) electrons. The van der Waals surface area contributed by atoms with Crippen LogP contribution in [0, 0.1) is 0 Å². The minimum absolute atomic E-state index is 0. The molecule has 0 aliphatic heterocycles. The average molecular weight is 291 g/mol. The van der Waals surface area contributed by atoms with Crippen LogP contribution in [0.15, 0.2) is 0 Å². The quantitative estimate of drug-likeness (QED) is 0.473.